The number of ether oxygens (including phenoxy) is 1. The molecule has 7 heteroatoms. The number of esters is 1. The minimum atomic E-state index is -1.14. The molecule has 0 unspecified atom stereocenters. The molecule has 6 rings (SSSR count). The molecule has 1 saturated heterocycles. The van der Waals surface area contributed by atoms with Crippen molar-refractivity contribution in [3.05, 3.63) is 12.2 Å². The highest BCUT2D eigenvalue weighted by atomic mass is 16.5. The molecule has 49 heavy (non-hydrogen) atoms. The molecule has 0 aromatic heterocycles. The molecule has 1 aliphatic heterocycles. The molecule has 6 aliphatic rings. The maximum Gasteiger partial charge on any atom is 0.309 e. The van der Waals surface area contributed by atoms with Crippen molar-refractivity contribution in [1.82, 2.24) is 10.2 Å². The van der Waals surface area contributed by atoms with E-state index in [1.807, 2.05) is 0 Å². The average Bonchev–Trinajstić information content (AvgIpc) is 3.57. The van der Waals surface area contributed by atoms with E-state index in [0.717, 1.165) is 51.6 Å². The molecule has 1 amide bonds. The Labute approximate surface area is 297 Å². The van der Waals surface area contributed by atoms with E-state index in [1.165, 1.54) is 37.7 Å². The zero-order valence-corrected chi connectivity index (χ0v) is 32.4. The van der Waals surface area contributed by atoms with Crippen molar-refractivity contribution in [3.63, 3.8) is 0 Å². The fourth-order valence-electron chi connectivity index (χ4n) is 14.1. The van der Waals surface area contributed by atoms with Gasteiger partial charge in [-0.25, -0.2) is 0 Å². The van der Waals surface area contributed by atoms with Crippen LogP contribution in [-0.4, -0.2) is 60.1 Å². The number of likely N-dealkylation sites (N-methyl/N-ethyl adjacent to an activating group) is 1. The number of amides is 1. The third kappa shape index (κ3) is 5.82. The lowest BCUT2D eigenvalue weighted by molar-refractivity contribution is -0.250. The summed E-state index contributed by atoms with van der Waals surface area (Å²) < 4.78 is 6.18. The summed E-state index contributed by atoms with van der Waals surface area (Å²) in [6.45, 7) is 24.5. The number of carboxylic acid groups (broad SMARTS) is 1. The van der Waals surface area contributed by atoms with Crippen molar-refractivity contribution in [3.8, 4) is 0 Å². The molecule has 5 saturated carbocycles. The Balaban J connectivity index is 1.23. The van der Waals surface area contributed by atoms with Gasteiger partial charge < -0.3 is 20.1 Å². The number of likely N-dealkylation sites (tertiary alicyclic amines) is 1. The van der Waals surface area contributed by atoms with Gasteiger partial charge in [0, 0.05) is 24.4 Å². The summed E-state index contributed by atoms with van der Waals surface area (Å²) in [5.74, 6) is 1.57. The summed E-state index contributed by atoms with van der Waals surface area (Å²) in [4.78, 5) is 40.9. The third-order valence-corrected chi connectivity index (χ3v) is 16.9. The Morgan fingerprint density at radius 2 is 1.61 bits per heavy atom. The SMILES string of the molecule is C=C(C)[C@@H]1CC[C@]2(CC(=O)N[C@H]3CCN(C)C3)CC[C@]3(C)[C@H](CC[C@@H]4[C@@]5(C)CC[C@H](OC(=O)CC(C)(C)C(=O)O)C(C)(C)[C@@H]5CC[C@]43C)[C@@H]12. The molecule has 2 N–H and O–H groups in total. The number of nitrogens with one attached hydrogen (secondary N) is 1. The number of allylic oxidation sites excluding steroid dienone is 1. The Bertz CT molecular complexity index is 1360. The zero-order chi connectivity index (χ0) is 35.9. The van der Waals surface area contributed by atoms with Gasteiger partial charge in [0.25, 0.3) is 0 Å². The standard InChI is InChI=1S/C42H68N2O5/c1-26(2)28-13-19-42(23-33(45)43-27-16-22-44(10)25-27)21-20-40(8)29(35(28)42)11-12-31-39(7)17-15-32(49-34(46)24-37(3,4)36(47)48)38(5,6)30(39)14-18-41(31,40)9/h27-32,35H,1,11-25H2,2-10H3,(H,43,45)(H,47,48)/t27-,28-,29+,30-,31+,32-,35+,39-,40+,41+,42+/m0/s1. The molecule has 11 atom stereocenters. The molecular weight excluding hydrogens is 612 g/mol. The van der Waals surface area contributed by atoms with Crippen LogP contribution in [0.25, 0.3) is 0 Å². The zero-order valence-electron chi connectivity index (χ0n) is 32.4. The lowest BCUT2D eigenvalue weighted by atomic mass is 9.32. The number of aliphatic carboxylic acids is 1. The van der Waals surface area contributed by atoms with E-state index < -0.39 is 11.4 Å². The van der Waals surface area contributed by atoms with Gasteiger partial charge in [-0.3, -0.25) is 14.4 Å². The normalized spacial score (nSPS) is 44.6. The quantitative estimate of drug-likeness (QED) is 0.198. The van der Waals surface area contributed by atoms with Crippen LogP contribution in [0.3, 0.4) is 0 Å². The predicted molar refractivity (Wildman–Crippen MR) is 194 cm³/mol. The van der Waals surface area contributed by atoms with Crippen molar-refractivity contribution in [2.45, 2.75) is 151 Å². The van der Waals surface area contributed by atoms with Crippen LogP contribution in [0.15, 0.2) is 12.2 Å². The maximum absolute atomic E-state index is 13.8. The Morgan fingerprint density at radius 3 is 2.24 bits per heavy atom. The first-order chi connectivity index (χ1) is 22.7. The fourth-order valence-corrected chi connectivity index (χ4v) is 14.1. The van der Waals surface area contributed by atoms with Gasteiger partial charge in [-0.15, -0.1) is 0 Å². The van der Waals surface area contributed by atoms with Crippen LogP contribution in [0, 0.1) is 62.1 Å². The van der Waals surface area contributed by atoms with E-state index in [9.17, 15) is 19.5 Å². The summed E-state index contributed by atoms with van der Waals surface area (Å²) in [5.41, 5.74) is 0.634. The van der Waals surface area contributed by atoms with Gasteiger partial charge in [-0.05, 0) is 156 Å². The number of hydrogen-bond donors (Lipinski definition) is 2. The van der Waals surface area contributed by atoms with Gasteiger partial charge in [0.15, 0.2) is 0 Å². The third-order valence-electron chi connectivity index (χ3n) is 16.9. The Hall–Kier alpha value is -1.89. The predicted octanol–water partition coefficient (Wildman–Crippen LogP) is 8.27. The molecule has 7 nitrogen and oxygen atoms in total. The second-order valence-electron chi connectivity index (χ2n) is 20.2. The van der Waals surface area contributed by atoms with E-state index in [1.54, 1.807) is 13.8 Å². The molecule has 6 fully saturated rings. The van der Waals surface area contributed by atoms with Crippen molar-refractivity contribution in [1.29, 1.82) is 0 Å². The van der Waals surface area contributed by atoms with E-state index in [0.29, 0.717) is 36.0 Å². The number of carbonyl (C=O) groups excluding carboxylic acids is 2. The molecule has 0 aromatic rings. The van der Waals surface area contributed by atoms with Crippen molar-refractivity contribution < 1.29 is 24.2 Å². The fraction of sp³-hybridized carbons (Fsp3) is 0.881. The van der Waals surface area contributed by atoms with E-state index in [4.69, 9.17) is 4.74 Å². The molecule has 5 aliphatic carbocycles. The summed E-state index contributed by atoms with van der Waals surface area (Å²) >= 11 is 0. The van der Waals surface area contributed by atoms with Crippen LogP contribution >= 0.6 is 0 Å². The van der Waals surface area contributed by atoms with Crippen molar-refractivity contribution in [2.75, 3.05) is 20.1 Å². The van der Waals surface area contributed by atoms with E-state index in [2.05, 4.69) is 65.4 Å². The highest BCUT2D eigenvalue weighted by Crippen LogP contribution is 2.78. The molecule has 0 radical (unpaired) electrons. The van der Waals surface area contributed by atoms with Gasteiger partial charge in [-0.2, -0.15) is 0 Å². The molecule has 276 valence electrons. The van der Waals surface area contributed by atoms with Crippen LogP contribution < -0.4 is 5.32 Å². The average molecular weight is 681 g/mol. The number of carbonyl (C=O) groups is 3. The molecule has 0 spiro atoms. The largest absolute Gasteiger partial charge is 0.481 e. The minimum absolute atomic E-state index is 0.0752. The first kappa shape index (κ1) is 36.9. The molecule has 1 heterocycles. The summed E-state index contributed by atoms with van der Waals surface area (Å²) in [7, 11) is 2.15. The van der Waals surface area contributed by atoms with Gasteiger partial charge >= 0.3 is 11.9 Å². The maximum atomic E-state index is 13.8. The minimum Gasteiger partial charge on any atom is -0.481 e. The van der Waals surface area contributed by atoms with Crippen molar-refractivity contribution >= 4 is 17.8 Å². The molecular formula is C42H68N2O5. The summed E-state index contributed by atoms with van der Waals surface area (Å²) in [6, 6.07) is 0.282. The molecule has 0 bridgehead atoms. The number of fused-ring (bicyclic) bond motifs is 7. The second-order valence-corrected chi connectivity index (χ2v) is 20.2. The van der Waals surface area contributed by atoms with Crippen LogP contribution in [0.5, 0.6) is 0 Å². The molecule has 0 aromatic carbocycles. The van der Waals surface area contributed by atoms with Gasteiger partial charge in [-0.1, -0.05) is 46.8 Å². The van der Waals surface area contributed by atoms with E-state index in [-0.39, 0.29) is 57.5 Å². The first-order valence-electron chi connectivity index (χ1n) is 19.8. The highest BCUT2D eigenvalue weighted by Gasteiger charge is 2.71. The van der Waals surface area contributed by atoms with Crippen LogP contribution in [0.1, 0.15) is 139 Å². The van der Waals surface area contributed by atoms with Crippen LogP contribution in [-0.2, 0) is 19.1 Å². The monoisotopic (exact) mass is 681 g/mol. The Morgan fingerprint density at radius 1 is 0.898 bits per heavy atom. The number of hydrogen-bond acceptors (Lipinski definition) is 5. The van der Waals surface area contributed by atoms with E-state index >= 15 is 0 Å². The van der Waals surface area contributed by atoms with Crippen LogP contribution in [0.4, 0.5) is 0 Å². The summed E-state index contributed by atoms with van der Waals surface area (Å²) in [5, 5.41) is 13.1. The number of nitrogens with zero attached hydrogens (tertiary/aromatic N) is 1. The highest BCUT2D eigenvalue weighted by molar-refractivity contribution is 5.81. The number of carboxylic acids is 1. The second kappa shape index (κ2) is 12.4. The van der Waals surface area contributed by atoms with Gasteiger partial charge in [0.2, 0.25) is 5.91 Å². The number of rotatable bonds is 8. The van der Waals surface area contributed by atoms with Crippen LogP contribution in [0.2, 0.25) is 0 Å². The van der Waals surface area contributed by atoms with Gasteiger partial charge in [0.05, 0.1) is 11.8 Å². The summed E-state index contributed by atoms with van der Waals surface area (Å²) in [6.07, 6.45) is 12.7. The van der Waals surface area contributed by atoms with Gasteiger partial charge in [0.1, 0.15) is 6.10 Å². The lowest BCUT2D eigenvalue weighted by Gasteiger charge is -2.73. The Kier molecular flexibility index (Phi) is 9.31. The lowest BCUT2D eigenvalue weighted by Crippen LogP contribution is -2.67. The topological polar surface area (TPSA) is 95.9 Å². The first-order valence-corrected chi connectivity index (χ1v) is 19.8. The van der Waals surface area contributed by atoms with Crippen molar-refractivity contribution in [2.24, 2.45) is 62.1 Å². The smallest absolute Gasteiger partial charge is 0.309 e.